The maximum absolute atomic E-state index is 11.1. The quantitative estimate of drug-likeness (QED) is 0.687. The monoisotopic (exact) mass is 168 g/mol. The third-order valence-electron chi connectivity index (χ3n) is 4.02. The van der Waals surface area contributed by atoms with Gasteiger partial charge in [-0.3, -0.25) is 4.79 Å². The molecule has 0 saturated heterocycles. The Morgan fingerprint density at radius 2 is 1.67 bits per heavy atom. The average Bonchev–Trinajstić information content (AvgIpc) is 2.72. The van der Waals surface area contributed by atoms with Gasteiger partial charge in [-0.2, -0.15) is 0 Å². The number of hydrogen-bond acceptors (Lipinski definition) is 1. The fourth-order valence-corrected chi connectivity index (χ4v) is 2.83. The van der Waals surface area contributed by atoms with Gasteiger partial charge in [0.1, 0.15) is 0 Å². The van der Waals surface area contributed by atoms with Gasteiger partial charge in [0.05, 0.1) is 5.41 Å². The van der Waals surface area contributed by atoms with Crippen molar-refractivity contribution in [2.75, 3.05) is 0 Å². The molecule has 0 bridgehead atoms. The van der Waals surface area contributed by atoms with Crippen LogP contribution in [-0.2, 0) is 4.79 Å². The second-order valence-electron chi connectivity index (χ2n) is 4.66. The van der Waals surface area contributed by atoms with E-state index in [2.05, 4.69) is 6.92 Å². The summed E-state index contributed by atoms with van der Waals surface area (Å²) in [5.41, 5.74) is -0.192. The van der Waals surface area contributed by atoms with Crippen molar-refractivity contribution in [3.63, 3.8) is 0 Å². The highest BCUT2D eigenvalue weighted by molar-refractivity contribution is 5.79. The highest BCUT2D eigenvalue weighted by atomic mass is 16.4. The SMILES string of the molecule is CC1(C2(C(=O)O)CC2)CCCC1. The molecule has 2 nitrogen and oxygen atoms in total. The first-order valence-corrected chi connectivity index (χ1v) is 4.84. The fourth-order valence-electron chi connectivity index (χ4n) is 2.83. The predicted octanol–water partition coefficient (Wildman–Crippen LogP) is 2.43. The second-order valence-corrected chi connectivity index (χ2v) is 4.66. The van der Waals surface area contributed by atoms with Crippen molar-refractivity contribution in [3.8, 4) is 0 Å². The van der Waals surface area contributed by atoms with Crippen LogP contribution in [-0.4, -0.2) is 11.1 Å². The first-order chi connectivity index (χ1) is 5.61. The average molecular weight is 168 g/mol. The summed E-state index contributed by atoms with van der Waals surface area (Å²) in [6, 6.07) is 0. The lowest BCUT2D eigenvalue weighted by Gasteiger charge is -2.30. The minimum Gasteiger partial charge on any atom is -0.481 e. The van der Waals surface area contributed by atoms with E-state index in [1.54, 1.807) is 0 Å². The smallest absolute Gasteiger partial charge is 0.310 e. The van der Waals surface area contributed by atoms with Crippen LogP contribution in [0.2, 0.25) is 0 Å². The maximum atomic E-state index is 11.1. The van der Waals surface area contributed by atoms with Gasteiger partial charge in [0.25, 0.3) is 0 Å². The third kappa shape index (κ3) is 0.838. The molecule has 2 rings (SSSR count). The number of aliphatic carboxylic acids is 1. The number of carboxylic acids is 1. The van der Waals surface area contributed by atoms with Crippen molar-refractivity contribution in [1.82, 2.24) is 0 Å². The molecule has 2 saturated carbocycles. The summed E-state index contributed by atoms with van der Waals surface area (Å²) in [5, 5.41) is 9.13. The molecule has 0 aliphatic heterocycles. The molecule has 0 heterocycles. The molecule has 0 aromatic carbocycles. The molecule has 0 amide bonds. The Morgan fingerprint density at radius 1 is 1.17 bits per heavy atom. The van der Waals surface area contributed by atoms with Crippen LogP contribution < -0.4 is 0 Å². The van der Waals surface area contributed by atoms with Gasteiger partial charge in [0.2, 0.25) is 0 Å². The zero-order valence-electron chi connectivity index (χ0n) is 7.60. The normalized spacial score (nSPS) is 30.1. The summed E-state index contributed by atoms with van der Waals surface area (Å²) in [5.74, 6) is -0.549. The molecule has 2 aliphatic rings. The summed E-state index contributed by atoms with van der Waals surface area (Å²) < 4.78 is 0. The van der Waals surface area contributed by atoms with Crippen molar-refractivity contribution >= 4 is 5.97 Å². The zero-order chi connectivity index (χ0) is 8.82. The molecule has 0 atom stereocenters. The minimum absolute atomic E-state index is 0.124. The molecule has 12 heavy (non-hydrogen) atoms. The lowest BCUT2D eigenvalue weighted by atomic mass is 9.73. The van der Waals surface area contributed by atoms with Gasteiger partial charge in [-0.15, -0.1) is 0 Å². The lowest BCUT2D eigenvalue weighted by molar-refractivity contribution is -0.148. The minimum atomic E-state index is -0.549. The Hall–Kier alpha value is -0.530. The van der Waals surface area contributed by atoms with E-state index >= 15 is 0 Å². The number of carboxylic acid groups (broad SMARTS) is 1. The number of rotatable bonds is 2. The standard InChI is InChI=1S/C10H16O2/c1-9(4-2-3-5-9)10(6-7-10)8(11)12/h2-7H2,1H3,(H,11,12). The fraction of sp³-hybridized carbons (Fsp3) is 0.900. The van der Waals surface area contributed by atoms with Crippen molar-refractivity contribution < 1.29 is 9.90 Å². The molecule has 2 aliphatic carbocycles. The Kier molecular flexibility index (Phi) is 1.51. The highest BCUT2D eigenvalue weighted by Crippen LogP contribution is 2.64. The topological polar surface area (TPSA) is 37.3 Å². The summed E-state index contributed by atoms with van der Waals surface area (Å²) in [6.45, 7) is 2.17. The van der Waals surface area contributed by atoms with Gasteiger partial charge in [0, 0.05) is 0 Å². The van der Waals surface area contributed by atoms with Crippen molar-refractivity contribution in [2.24, 2.45) is 10.8 Å². The van der Waals surface area contributed by atoms with Crippen LogP contribution in [0.5, 0.6) is 0 Å². The molecule has 2 fully saturated rings. The van der Waals surface area contributed by atoms with Crippen LogP contribution in [0.1, 0.15) is 45.4 Å². The molecule has 1 N–H and O–H groups in total. The van der Waals surface area contributed by atoms with Crippen molar-refractivity contribution in [3.05, 3.63) is 0 Å². The summed E-state index contributed by atoms with van der Waals surface area (Å²) in [4.78, 5) is 11.1. The first kappa shape index (κ1) is 8.09. The molecule has 0 radical (unpaired) electrons. The van der Waals surface area contributed by atoms with E-state index in [4.69, 9.17) is 5.11 Å². The van der Waals surface area contributed by atoms with Gasteiger partial charge in [-0.25, -0.2) is 0 Å². The summed E-state index contributed by atoms with van der Waals surface area (Å²) >= 11 is 0. The Bertz CT molecular complexity index is 210. The molecular formula is C10H16O2. The van der Waals surface area contributed by atoms with Gasteiger partial charge >= 0.3 is 5.97 Å². The van der Waals surface area contributed by atoms with E-state index in [1.807, 2.05) is 0 Å². The summed E-state index contributed by atoms with van der Waals surface area (Å²) in [7, 11) is 0. The van der Waals surface area contributed by atoms with E-state index in [9.17, 15) is 4.79 Å². The second kappa shape index (κ2) is 2.24. The lowest BCUT2D eigenvalue weighted by Crippen LogP contribution is -2.32. The van der Waals surface area contributed by atoms with Gasteiger partial charge in [0.15, 0.2) is 0 Å². The van der Waals surface area contributed by atoms with E-state index in [0.717, 1.165) is 25.7 Å². The molecule has 2 heteroatoms. The van der Waals surface area contributed by atoms with E-state index in [1.165, 1.54) is 12.8 Å². The van der Waals surface area contributed by atoms with Gasteiger partial charge < -0.3 is 5.11 Å². The Labute approximate surface area is 73.0 Å². The van der Waals surface area contributed by atoms with Crippen LogP contribution in [0.4, 0.5) is 0 Å². The summed E-state index contributed by atoms with van der Waals surface area (Å²) in [6.07, 6.45) is 6.54. The van der Waals surface area contributed by atoms with Crippen molar-refractivity contribution in [2.45, 2.75) is 45.4 Å². The van der Waals surface area contributed by atoms with Crippen LogP contribution in [0.25, 0.3) is 0 Å². The molecule has 0 aromatic heterocycles. The van der Waals surface area contributed by atoms with Crippen LogP contribution in [0.3, 0.4) is 0 Å². The maximum Gasteiger partial charge on any atom is 0.310 e. The molecule has 0 spiro atoms. The van der Waals surface area contributed by atoms with E-state index < -0.39 is 5.97 Å². The van der Waals surface area contributed by atoms with E-state index in [-0.39, 0.29) is 10.8 Å². The van der Waals surface area contributed by atoms with Crippen LogP contribution in [0, 0.1) is 10.8 Å². The van der Waals surface area contributed by atoms with Gasteiger partial charge in [-0.05, 0) is 31.1 Å². The molecular weight excluding hydrogens is 152 g/mol. The molecule has 68 valence electrons. The third-order valence-corrected chi connectivity index (χ3v) is 4.02. The molecule has 0 aromatic rings. The first-order valence-electron chi connectivity index (χ1n) is 4.84. The highest BCUT2D eigenvalue weighted by Gasteiger charge is 2.62. The predicted molar refractivity (Wildman–Crippen MR) is 45.9 cm³/mol. The van der Waals surface area contributed by atoms with E-state index in [0.29, 0.717) is 0 Å². The number of carbonyl (C=O) groups is 1. The zero-order valence-corrected chi connectivity index (χ0v) is 7.60. The Morgan fingerprint density at radius 3 is 2.00 bits per heavy atom. The van der Waals surface area contributed by atoms with Gasteiger partial charge in [-0.1, -0.05) is 19.8 Å². The Balaban J connectivity index is 2.22. The molecule has 0 unspecified atom stereocenters. The van der Waals surface area contributed by atoms with Crippen LogP contribution in [0.15, 0.2) is 0 Å². The number of hydrogen-bond donors (Lipinski definition) is 1. The van der Waals surface area contributed by atoms with Crippen molar-refractivity contribution in [1.29, 1.82) is 0 Å². The van der Waals surface area contributed by atoms with Crippen LogP contribution >= 0.6 is 0 Å². The largest absolute Gasteiger partial charge is 0.481 e.